The number of hydrogen-bond acceptors (Lipinski definition) is 4. The summed E-state index contributed by atoms with van der Waals surface area (Å²) in [6.45, 7) is 4.58. The van der Waals surface area contributed by atoms with Crippen molar-refractivity contribution in [2.45, 2.75) is 25.8 Å². The predicted molar refractivity (Wildman–Crippen MR) is 104 cm³/mol. The van der Waals surface area contributed by atoms with Gasteiger partial charge in [0.05, 0.1) is 18.5 Å². The number of carbonyl (C=O) groups is 2. The number of nitrogens with one attached hydrogen (secondary N) is 2. The van der Waals surface area contributed by atoms with E-state index in [4.69, 9.17) is 16.3 Å². The van der Waals surface area contributed by atoms with Crippen LogP contribution in [-0.4, -0.2) is 35.0 Å². The van der Waals surface area contributed by atoms with Crippen LogP contribution in [0.25, 0.3) is 0 Å². The number of methoxy groups -OCH3 is 1. The second-order valence-electron chi connectivity index (χ2n) is 6.14. The van der Waals surface area contributed by atoms with E-state index in [9.17, 15) is 9.59 Å². The van der Waals surface area contributed by atoms with E-state index >= 15 is 0 Å². The first-order chi connectivity index (χ1) is 13.0. The largest absolute Gasteiger partial charge is 0.495 e. The van der Waals surface area contributed by atoms with Crippen molar-refractivity contribution in [2.75, 3.05) is 19.0 Å². The molecular formula is C19H21ClN4O3. The molecule has 0 radical (unpaired) electrons. The number of fused-ring (bicyclic) bond motifs is 1. The Morgan fingerprint density at radius 2 is 2.19 bits per heavy atom. The number of imidazole rings is 1. The van der Waals surface area contributed by atoms with Crippen LogP contribution in [0.3, 0.4) is 0 Å². The summed E-state index contributed by atoms with van der Waals surface area (Å²) in [5, 5.41) is 5.98. The van der Waals surface area contributed by atoms with Gasteiger partial charge in [0, 0.05) is 18.1 Å². The van der Waals surface area contributed by atoms with Crippen molar-refractivity contribution in [1.82, 2.24) is 14.9 Å². The zero-order chi connectivity index (χ0) is 19.4. The molecule has 1 aromatic heterocycles. The van der Waals surface area contributed by atoms with Crippen molar-refractivity contribution >= 4 is 29.1 Å². The Balaban J connectivity index is 1.93. The molecule has 1 aromatic carbocycles. The van der Waals surface area contributed by atoms with Gasteiger partial charge in [0.2, 0.25) is 0 Å². The number of hydrogen-bond donors (Lipinski definition) is 2. The summed E-state index contributed by atoms with van der Waals surface area (Å²) in [7, 11) is 1.51. The molecule has 2 heterocycles. The Morgan fingerprint density at radius 3 is 2.93 bits per heavy atom. The van der Waals surface area contributed by atoms with Gasteiger partial charge >= 0.3 is 0 Å². The third-order valence-electron chi connectivity index (χ3n) is 4.35. The highest BCUT2D eigenvalue weighted by molar-refractivity contribution is 6.31. The molecule has 7 nitrogen and oxygen atoms in total. The lowest BCUT2D eigenvalue weighted by Crippen LogP contribution is -2.28. The summed E-state index contributed by atoms with van der Waals surface area (Å²) < 4.78 is 7.09. The molecule has 27 heavy (non-hydrogen) atoms. The number of ether oxygens (including phenoxy) is 1. The number of aromatic nitrogens is 2. The van der Waals surface area contributed by atoms with Crippen LogP contribution < -0.4 is 15.4 Å². The summed E-state index contributed by atoms with van der Waals surface area (Å²) in [5.41, 5.74) is 1.47. The van der Waals surface area contributed by atoms with Crippen LogP contribution in [0.1, 0.15) is 39.6 Å². The van der Waals surface area contributed by atoms with Crippen LogP contribution in [0.5, 0.6) is 5.75 Å². The fourth-order valence-electron chi connectivity index (χ4n) is 3.10. The molecule has 0 spiro atoms. The molecule has 0 fully saturated rings. The number of halogens is 1. The van der Waals surface area contributed by atoms with Crippen LogP contribution in [0.2, 0.25) is 5.02 Å². The van der Waals surface area contributed by atoms with Crippen molar-refractivity contribution < 1.29 is 14.3 Å². The number of benzene rings is 1. The van der Waals surface area contributed by atoms with Crippen molar-refractivity contribution in [2.24, 2.45) is 0 Å². The molecule has 2 aromatic rings. The number of rotatable bonds is 6. The summed E-state index contributed by atoms with van der Waals surface area (Å²) in [5.74, 6) is 0.0148. The lowest BCUT2D eigenvalue weighted by atomic mass is 10.1. The molecule has 8 heteroatoms. The van der Waals surface area contributed by atoms with Gasteiger partial charge in [-0.05, 0) is 37.5 Å². The number of carbonyl (C=O) groups excluding carboxylic acids is 2. The highest BCUT2D eigenvalue weighted by Gasteiger charge is 2.27. The molecule has 0 saturated heterocycles. The maximum absolute atomic E-state index is 12.9. The van der Waals surface area contributed by atoms with Crippen LogP contribution in [0.15, 0.2) is 30.9 Å². The van der Waals surface area contributed by atoms with E-state index in [-0.39, 0.29) is 17.4 Å². The third kappa shape index (κ3) is 3.98. The predicted octanol–water partition coefficient (Wildman–Crippen LogP) is 3.05. The van der Waals surface area contributed by atoms with Crippen molar-refractivity contribution in [3.63, 3.8) is 0 Å². The highest BCUT2D eigenvalue weighted by atomic mass is 35.5. The van der Waals surface area contributed by atoms with Gasteiger partial charge < -0.3 is 19.9 Å². The zero-order valence-corrected chi connectivity index (χ0v) is 15.8. The van der Waals surface area contributed by atoms with Crippen LogP contribution >= 0.6 is 11.6 Å². The molecular weight excluding hydrogens is 368 g/mol. The zero-order valence-electron chi connectivity index (χ0n) is 15.0. The lowest BCUT2D eigenvalue weighted by Gasteiger charge is -2.17. The molecule has 1 aliphatic rings. The van der Waals surface area contributed by atoms with Crippen LogP contribution in [0, 0.1) is 0 Å². The smallest absolute Gasteiger partial charge is 0.287 e. The first-order valence-corrected chi connectivity index (χ1v) is 9.06. The molecule has 3 rings (SSSR count). The number of amides is 2. The van der Waals surface area contributed by atoms with Gasteiger partial charge in [0.15, 0.2) is 11.5 Å². The molecule has 0 unspecified atom stereocenters. The molecule has 2 N–H and O–H groups in total. The van der Waals surface area contributed by atoms with E-state index in [0.717, 1.165) is 18.5 Å². The Bertz CT molecular complexity index is 891. The fourth-order valence-corrected chi connectivity index (χ4v) is 3.27. The maximum atomic E-state index is 12.9. The summed E-state index contributed by atoms with van der Waals surface area (Å²) in [6, 6.07) is 4.96. The van der Waals surface area contributed by atoms with Crippen molar-refractivity contribution in [3.05, 3.63) is 53.1 Å². The van der Waals surface area contributed by atoms with Gasteiger partial charge in [-0.3, -0.25) is 9.59 Å². The Kier molecular flexibility index (Phi) is 5.81. The van der Waals surface area contributed by atoms with Crippen LogP contribution in [0.4, 0.5) is 5.69 Å². The first kappa shape index (κ1) is 19.0. The molecule has 0 saturated carbocycles. The summed E-state index contributed by atoms with van der Waals surface area (Å²) in [6.07, 6.45) is 4.17. The minimum atomic E-state index is -0.399. The second-order valence-corrected chi connectivity index (χ2v) is 6.57. The normalized spacial score (nSPS) is 12.8. The minimum absolute atomic E-state index is 0.245. The number of nitrogens with zero attached hydrogens (tertiary/aromatic N) is 2. The SMILES string of the molecule is C=CCNC(=O)c1nc(C(=O)Nc2cc(Cl)ccc2OC)c2n1CCCC2. The van der Waals surface area contributed by atoms with Gasteiger partial charge in [-0.1, -0.05) is 17.7 Å². The fraction of sp³-hybridized carbons (Fsp3) is 0.316. The van der Waals surface area contributed by atoms with Crippen molar-refractivity contribution in [1.29, 1.82) is 0 Å². The van der Waals surface area contributed by atoms with Gasteiger partial charge in [0.25, 0.3) is 11.8 Å². The first-order valence-electron chi connectivity index (χ1n) is 8.68. The third-order valence-corrected chi connectivity index (χ3v) is 4.59. The molecule has 1 aliphatic heterocycles. The lowest BCUT2D eigenvalue weighted by molar-refractivity contribution is 0.0942. The minimum Gasteiger partial charge on any atom is -0.495 e. The van der Waals surface area contributed by atoms with Crippen LogP contribution in [-0.2, 0) is 13.0 Å². The summed E-state index contributed by atoms with van der Waals surface area (Å²) in [4.78, 5) is 29.6. The maximum Gasteiger partial charge on any atom is 0.287 e. The molecule has 0 atom stereocenters. The van der Waals surface area contributed by atoms with E-state index in [1.165, 1.54) is 7.11 Å². The van der Waals surface area contributed by atoms with Crippen molar-refractivity contribution in [3.8, 4) is 5.75 Å². The van der Waals surface area contributed by atoms with E-state index in [1.54, 1.807) is 24.3 Å². The molecule has 142 valence electrons. The van der Waals surface area contributed by atoms with Gasteiger partial charge in [-0.25, -0.2) is 4.98 Å². The summed E-state index contributed by atoms with van der Waals surface area (Å²) >= 11 is 6.03. The van der Waals surface area contributed by atoms with E-state index in [2.05, 4.69) is 22.2 Å². The Labute approximate surface area is 162 Å². The van der Waals surface area contributed by atoms with Gasteiger partial charge in [0.1, 0.15) is 5.75 Å². The molecule has 0 aliphatic carbocycles. The van der Waals surface area contributed by atoms with E-state index < -0.39 is 5.91 Å². The van der Waals surface area contributed by atoms with Gasteiger partial charge in [-0.15, -0.1) is 6.58 Å². The number of anilines is 1. The Hall–Kier alpha value is -2.80. The monoisotopic (exact) mass is 388 g/mol. The topological polar surface area (TPSA) is 85.2 Å². The van der Waals surface area contributed by atoms with E-state index in [1.807, 2.05) is 4.57 Å². The average Bonchev–Trinajstić information content (AvgIpc) is 3.06. The molecule has 2 amide bonds. The molecule has 0 bridgehead atoms. The average molecular weight is 389 g/mol. The van der Waals surface area contributed by atoms with Gasteiger partial charge in [-0.2, -0.15) is 0 Å². The van der Waals surface area contributed by atoms with E-state index in [0.29, 0.717) is 36.0 Å². The Morgan fingerprint density at radius 1 is 1.37 bits per heavy atom. The second kappa shape index (κ2) is 8.26. The quantitative estimate of drug-likeness (QED) is 0.745. The highest BCUT2D eigenvalue weighted by Crippen LogP contribution is 2.29. The standard InChI is InChI=1S/C19H21ClN4O3/c1-3-9-21-19(26)17-23-16(14-6-4-5-10-24(14)17)18(25)22-13-11-12(20)7-8-15(13)27-2/h3,7-8,11H,1,4-6,9-10H2,2H3,(H,21,26)(H,22,25).